The Morgan fingerprint density at radius 1 is 1.15 bits per heavy atom. The number of benzene rings is 1. The van der Waals surface area contributed by atoms with Gasteiger partial charge in [-0.2, -0.15) is 0 Å². The van der Waals surface area contributed by atoms with Gasteiger partial charge in [0.25, 0.3) is 0 Å². The number of halogens is 2. The van der Waals surface area contributed by atoms with E-state index >= 15 is 0 Å². The summed E-state index contributed by atoms with van der Waals surface area (Å²) >= 11 is 0. The van der Waals surface area contributed by atoms with Gasteiger partial charge in [0.2, 0.25) is 5.95 Å². The number of aromatic nitrogens is 4. The molecule has 27 heavy (non-hydrogen) atoms. The number of hydrogen-bond acceptors (Lipinski definition) is 5. The summed E-state index contributed by atoms with van der Waals surface area (Å²) in [6, 6.07) is 8.12. The summed E-state index contributed by atoms with van der Waals surface area (Å²) in [4.78, 5) is 13.3. The molecule has 1 aliphatic heterocycles. The molecule has 0 amide bonds. The average Bonchev–Trinajstić information content (AvgIpc) is 3.08. The third-order valence-electron chi connectivity index (χ3n) is 4.36. The maximum atomic E-state index is 13.3. The third kappa shape index (κ3) is 3.80. The van der Waals surface area contributed by atoms with Gasteiger partial charge < -0.3 is 14.6 Å². The van der Waals surface area contributed by atoms with E-state index in [1.807, 2.05) is 4.57 Å². The van der Waals surface area contributed by atoms with Crippen molar-refractivity contribution in [3.63, 3.8) is 0 Å². The number of aryl methyl sites for hydroxylation is 1. The molecule has 1 aromatic carbocycles. The van der Waals surface area contributed by atoms with Crippen LogP contribution in [0.2, 0.25) is 0 Å². The van der Waals surface area contributed by atoms with E-state index in [0.717, 1.165) is 11.3 Å². The first-order valence-electron chi connectivity index (χ1n) is 8.79. The summed E-state index contributed by atoms with van der Waals surface area (Å²) in [6.45, 7) is 1.32. The first-order chi connectivity index (χ1) is 13.2. The van der Waals surface area contributed by atoms with Crippen molar-refractivity contribution >= 4 is 5.95 Å². The molecule has 1 fully saturated rings. The van der Waals surface area contributed by atoms with Crippen LogP contribution in [0.15, 0.2) is 42.9 Å². The number of hydrogen-bond donors (Lipinski definition) is 1. The zero-order valence-corrected chi connectivity index (χ0v) is 14.6. The van der Waals surface area contributed by atoms with Crippen molar-refractivity contribution in [2.45, 2.75) is 19.0 Å². The van der Waals surface area contributed by atoms with Gasteiger partial charge in [-0.05, 0) is 36.8 Å². The zero-order chi connectivity index (χ0) is 18.6. The Balaban J connectivity index is 1.73. The number of alkyl halides is 1. The molecule has 0 unspecified atom stereocenters. The second-order valence-corrected chi connectivity index (χ2v) is 6.33. The van der Waals surface area contributed by atoms with Crippen LogP contribution in [0, 0.1) is 5.82 Å². The molecule has 1 N–H and O–H groups in total. The lowest BCUT2D eigenvalue weighted by Crippen LogP contribution is -2.40. The van der Waals surface area contributed by atoms with Crippen LogP contribution in [-0.2, 0) is 11.3 Å². The summed E-state index contributed by atoms with van der Waals surface area (Å²) in [5.74, 6) is 0.192. The topological polar surface area (TPSA) is 64.9 Å². The molecule has 3 aromatic rings. The number of rotatable bonds is 7. The molecule has 140 valence electrons. The van der Waals surface area contributed by atoms with Crippen molar-refractivity contribution < 1.29 is 13.5 Å². The monoisotopic (exact) mass is 371 g/mol. The van der Waals surface area contributed by atoms with E-state index in [0.29, 0.717) is 43.5 Å². The molecule has 2 aromatic heterocycles. The number of nitrogens with one attached hydrogen (secondary N) is 1. The lowest BCUT2D eigenvalue weighted by Gasteiger charge is -2.26. The molecule has 1 saturated heterocycles. The van der Waals surface area contributed by atoms with Crippen molar-refractivity contribution in [2.24, 2.45) is 0 Å². The Kier molecular flexibility index (Phi) is 5.06. The van der Waals surface area contributed by atoms with Gasteiger partial charge in [0.1, 0.15) is 5.82 Å². The lowest BCUT2D eigenvalue weighted by atomic mass is 10.1. The second kappa shape index (κ2) is 7.79. The summed E-state index contributed by atoms with van der Waals surface area (Å²) in [7, 11) is 0. The van der Waals surface area contributed by atoms with E-state index < -0.39 is 6.67 Å². The SMILES string of the molecule is FCCCn1cnc(-c2ccc(F)cc2)c1-c1ccnc(NC2COC2)n1. The Bertz CT molecular complexity index is 909. The molecule has 0 bridgehead atoms. The fraction of sp³-hybridized carbons (Fsp3) is 0.316. The lowest BCUT2D eigenvalue weighted by molar-refractivity contribution is 0.0208. The normalized spacial score (nSPS) is 14.1. The Morgan fingerprint density at radius 3 is 2.67 bits per heavy atom. The van der Waals surface area contributed by atoms with Gasteiger partial charge in [0, 0.05) is 18.3 Å². The van der Waals surface area contributed by atoms with Gasteiger partial charge >= 0.3 is 0 Å². The maximum Gasteiger partial charge on any atom is 0.223 e. The van der Waals surface area contributed by atoms with Gasteiger partial charge in [-0.1, -0.05) is 0 Å². The standard InChI is InChI=1S/C19H19F2N5O/c20-7-1-9-26-12-23-17(13-2-4-14(21)5-3-13)18(26)16-6-8-22-19(25-16)24-15-10-27-11-15/h2-6,8,12,15H,1,7,9-11H2,(H,22,24,25). The fourth-order valence-corrected chi connectivity index (χ4v) is 2.93. The molecule has 8 heteroatoms. The molecule has 0 aliphatic carbocycles. The van der Waals surface area contributed by atoms with Crippen LogP contribution in [0.1, 0.15) is 6.42 Å². The third-order valence-corrected chi connectivity index (χ3v) is 4.36. The van der Waals surface area contributed by atoms with Gasteiger partial charge in [0.15, 0.2) is 0 Å². The van der Waals surface area contributed by atoms with Crippen molar-refractivity contribution in [3.05, 3.63) is 48.7 Å². The van der Waals surface area contributed by atoms with E-state index in [4.69, 9.17) is 4.74 Å². The zero-order valence-electron chi connectivity index (χ0n) is 14.6. The first kappa shape index (κ1) is 17.5. The van der Waals surface area contributed by atoms with Crippen molar-refractivity contribution in [2.75, 3.05) is 25.2 Å². The predicted octanol–water partition coefficient (Wildman–Crippen LogP) is 3.32. The molecular formula is C19H19F2N5O. The van der Waals surface area contributed by atoms with Crippen LogP contribution in [0.5, 0.6) is 0 Å². The molecule has 0 saturated carbocycles. The number of nitrogens with zero attached hydrogens (tertiary/aromatic N) is 4. The van der Waals surface area contributed by atoms with Crippen LogP contribution < -0.4 is 5.32 Å². The molecule has 0 atom stereocenters. The van der Waals surface area contributed by atoms with E-state index in [1.54, 1.807) is 30.7 Å². The van der Waals surface area contributed by atoms with Crippen molar-refractivity contribution in [1.29, 1.82) is 0 Å². The molecule has 6 nitrogen and oxygen atoms in total. The Labute approximate surface area is 155 Å². The predicted molar refractivity (Wildman–Crippen MR) is 97.5 cm³/mol. The molecule has 4 rings (SSSR count). The van der Waals surface area contributed by atoms with Crippen molar-refractivity contribution in [3.8, 4) is 22.6 Å². The fourth-order valence-electron chi connectivity index (χ4n) is 2.93. The van der Waals surface area contributed by atoms with Crippen LogP contribution >= 0.6 is 0 Å². The summed E-state index contributed by atoms with van der Waals surface area (Å²) in [5.41, 5.74) is 2.87. The second-order valence-electron chi connectivity index (χ2n) is 6.33. The highest BCUT2D eigenvalue weighted by atomic mass is 19.1. The minimum Gasteiger partial charge on any atom is -0.377 e. The Hall–Kier alpha value is -2.87. The van der Waals surface area contributed by atoms with E-state index in [1.165, 1.54) is 12.1 Å². The Morgan fingerprint density at radius 2 is 1.96 bits per heavy atom. The summed E-state index contributed by atoms with van der Waals surface area (Å²) in [6.07, 6.45) is 3.71. The number of ether oxygens (including phenoxy) is 1. The van der Waals surface area contributed by atoms with Crippen LogP contribution in [0.3, 0.4) is 0 Å². The quantitative estimate of drug-likeness (QED) is 0.690. The highest BCUT2D eigenvalue weighted by Crippen LogP contribution is 2.31. The first-order valence-corrected chi connectivity index (χ1v) is 8.79. The largest absolute Gasteiger partial charge is 0.377 e. The van der Waals surface area contributed by atoms with E-state index in [2.05, 4.69) is 20.3 Å². The molecule has 0 spiro atoms. The van der Waals surface area contributed by atoms with Gasteiger partial charge in [-0.15, -0.1) is 0 Å². The van der Waals surface area contributed by atoms with Crippen LogP contribution in [-0.4, -0.2) is 45.4 Å². The molecule has 1 aliphatic rings. The molecule has 0 radical (unpaired) electrons. The minimum atomic E-state index is -0.415. The van der Waals surface area contributed by atoms with Gasteiger partial charge in [-0.3, -0.25) is 4.39 Å². The number of anilines is 1. The smallest absolute Gasteiger partial charge is 0.223 e. The number of imidazole rings is 1. The van der Waals surface area contributed by atoms with Crippen LogP contribution in [0.25, 0.3) is 22.6 Å². The molecule has 3 heterocycles. The average molecular weight is 371 g/mol. The highest BCUT2D eigenvalue weighted by Gasteiger charge is 2.21. The summed E-state index contributed by atoms with van der Waals surface area (Å²) < 4.78 is 33.1. The van der Waals surface area contributed by atoms with E-state index in [-0.39, 0.29) is 11.9 Å². The van der Waals surface area contributed by atoms with Crippen molar-refractivity contribution in [1.82, 2.24) is 19.5 Å². The maximum absolute atomic E-state index is 13.3. The van der Waals surface area contributed by atoms with E-state index in [9.17, 15) is 8.78 Å². The minimum absolute atomic E-state index is 0.202. The van der Waals surface area contributed by atoms with Crippen LogP contribution in [0.4, 0.5) is 14.7 Å². The summed E-state index contributed by atoms with van der Waals surface area (Å²) in [5, 5.41) is 3.22. The van der Waals surface area contributed by atoms with Gasteiger partial charge in [0.05, 0.1) is 49.3 Å². The highest BCUT2D eigenvalue weighted by molar-refractivity contribution is 5.77. The van der Waals surface area contributed by atoms with Gasteiger partial charge in [-0.25, -0.2) is 19.3 Å². The molecular weight excluding hydrogens is 352 g/mol.